The minimum atomic E-state index is -0.725. The van der Waals surface area contributed by atoms with E-state index in [1.165, 1.54) is 18.2 Å². The number of aromatic amines is 1. The highest BCUT2D eigenvalue weighted by Gasteiger charge is 2.48. The Balaban J connectivity index is 1.36. The monoisotopic (exact) mass is 452 g/mol. The molecule has 2 aliphatic heterocycles. The van der Waals surface area contributed by atoms with Gasteiger partial charge in [0.25, 0.3) is 6.01 Å². The normalized spacial score (nSPS) is 26.2. The number of benzene rings is 1. The number of hydrogen-bond donors (Lipinski definition) is 3. The van der Waals surface area contributed by atoms with E-state index in [0.717, 1.165) is 0 Å². The second-order valence-electron chi connectivity index (χ2n) is 7.55. The molecule has 0 aliphatic carbocycles. The zero-order chi connectivity index (χ0) is 21.7. The van der Waals surface area contributed by atoms with Crippen LogP contribution in [0.4, 0.5) is 14.6 Å². The standard InChI is InChI=1S/C20H19ClF2N4O4/c1-8(15-10(22)3-2-4-11(15)23)24-18-9(21)5-12-19(26-18)27-20(25-12)31-14-7-30-16-13(28)6-29-17(14)16/h2-5,8,13-14,16-17,28H,6-7H2,1H3,(H2,24,25,26,27)/t8-,13-,14-,16-,17-/m1/s1. The molecule has 3 aromatic rings. The highest BCUT2D eigenvalue weighted by Crippen LogP contribution is 2.32. The highest BCUT2D eigenvalue weighted by molar-refractivity contribution is 6.33. The van der Waals surface area contributed by atoms with Crippen LogP contribution in [0.5, 0.6) is 6.01 Å². The number of rotatable bonds is 5. The third-order valence-electron chi connectivity index (χ3n) is 5.44. The first-order chi connectivity index (χ1) is 14.9. The average Bonchev–Trinajstić information content (AvgIpc) is 3.39. The first-order valence-electron chi connectivity index (χ1n) is 9.75. The molecule has 5 rings (SSSR count). The van der Waals surface area contributed by atoms with Gasteiger partial charge in [-0.05, 0) is 25.1 Å². The van der Waals surface area contributed by atoms with Gasteiger partial charge in [-0.2, -0.15) is 4.98 Å². The summed E-state index contributed by atoms with van der Waals surface area (Å²) in [4.78, 5) is 11.7. The fraction of sp³-hybridized carbons (Fsp3) is 0.400. The van der Waals surface area contributed by atoms with Crippen LogP contribution in [0.2, 0.25) is 5.02 Å². The van der Waals surface area contributed by atoms with Crippen LogP contribution in [0.1, 0.15) is 18.5 Å². The molecule has 164 valence electrons. The summed E-state index contributed by atoms with van der Waals surface area (Å²) in [7, 11) is 0. The van der Waals surface area contributed by atoms with Gasteiger partial charge in [0.1, 0.15) is 35.8 Å². The molecule has 1 aromatic carbocycles. The maximum atomic E-state index is 14.1. The molecule has 2 fully saturated rings. The number of fused-ring (bicyclic) bond motifs is 2. The van der Waals surface area contributed by atoms with Crippen molar-refractivity contribution in [2.45, 2.75) is 37.4 Å². The van der Waals surface area contributed by atoms with E-state index in [4.69, 9.17) is 25.8 Å². The number of H-pyrrole nitrogens is 1. The van der Waals surface area contributed by atoms with Crippen molar-refractivity contribution >= 4 is 28.6 Å². The quantitative estimate of drug-likeness (QED) is 0.547. The summed E-state index contributed by atoms with van der Waals surface area (Å²) in [6.07, 6.45) is -1.91. The molecule has 31 heavy (non-hydrogen) atoms. The Hall–Kier alpha value is -2.53. The number of imidazole rings is 1. The summed E-state index contributed by atoms with van der Waals surface area (Å²) in [6, 6.07) is 4.76. The van der Waals surface area contributed by atoms with Gasteiger partial charge in [-0.1, -0.05) is 17.7 Å². The number of nitrogens with one attached hydrogen (secondary N) is 2. The number of halogens is 3. The van der Waals surface area contributed by atoms with Crippen molar-refractivity contribution in [2.75, 3.05) is 18.5 Å². The van der Waals surface area contributed by atoms with Gasteiger partial charge in [0, 0.05) is 5.56 Å². The number of hydrogen-bond acceptors (Lipinski definition) is 7. The molecule has 0 spiro atoms. The Bertz CT molecular complexity index is 1110. The Morgan fingerprint density at radius 1 is 1.23 bits per heavy atom. The van der Waals surface area contributed by atoms with Gasteiger partial charge >= 0.3 is 0 Å². The number of ether oxygens (including phenoxy) is 3. The second-order valence-corrected chi connectivity index (χ2v) is 7.96. The van der Waals surface area contributed by atoms with Crippen molar-refractivity contribution in [3.05, 3.63) is 46.5 Å². The van der Waals surface area contributed by atoms with Crippen LogP contribution in [0, 0.1) is 11.6 Å². The number of pyridine rings is 1. The summed E-state index contributed by atoms with van der Waals surface area (Å²) in [6.45, 7) is 2.06. The summed E-state index contributed by atoms with van der Waals surface area (Å²) in [5.74, 6) is -1.10. The van der Waals surface area contributed by atoms with Crippen molar-refractivity contribution in [1.29, 1.82) is 0 Å². The number of aliphatic hydroxyl groups is 1. The molecule has 4 heterocycles. The van der Waals surface area contributed by atoms with E-state index in [1.807, 2.05) is 0 Å². The van der Waals surface area contributed by atoms with Crippen molar-refractivity contribution < 1.29 is 28.1 Å². The summed E-state index contributed by atoms with van der Waals surface area (Å²) in [5, 5.41) is 13.0. The van der Waals surface area contributed by atoms with Crippen LogP contribution in [0.3, 0.4) is 0 Å². The Morgan fingerprint density at radius 2 is 1.97 bits per heavy atom. The van der Waals surface area contributed by atoms with Gasteiger partial charge in [0.05, 0.1) is 29.8 Å². The molecule has 0 amide bonds. The van der Waals surface area contributed by atoms with Crippen LogP contribution >= 0.6 is 11.6 Å². The van der Waals surface area contributed by atoms with Crippen LogP contribution in [-0.4, -0.2) is 57.7 Å². The SMILES string of the molecule is C[C@@H](Nc1nc2nc(O[C@@H]3CO[C@H]4[C@@H]3OC[C@H]4O)[nH]c2cc1Cl)c1c(F)cccc1F. The molecule has 5 atom stereocenters. The van der Waals surface area contributed by atoms with E-state index in [9.17, 15) is 13.9 Å². The molecule has 11 heteroatoms. The second kappa shape index (κ2) is 7.86. The van der Waals surface area contributed by atoms with Crippen LogP contribution in [0.15, 0.2) is 24.3 Å². The molecule has 2 aromatic heterocycles. The summed E-state index contributed by atoms with van der Waals surface area (Å²) in [5.41, 5.74) is 0.727. The molecule has 0 bridgehead atoms. The fourth-order valence-electron chi connectivity index (χ4n) is 3.94. The van der Waals surface area contributed by atoms with Crippen molar-refractivity contribution in [3.63, 3.8) is 0 Å². The number of nitrogens with zero attached hydrogens (tertiary/aromatic N) is 2. The number of aromatic nitrogens is 3. The lowest BCUT2D eigenvalue weighted by molar-refractivity contribution is 0.00706. The predicted molar refractivity (Wildman–Crippen MR) is 107 cm³/mol. The average molecular weight is 453 g/mol. The maximum Gasteiger partial charge on any atom is 0.296 e. The Labute approximate surface area is 180 Å². The van der Waals surface area contributed by atoms with E-state index in [-0.39, 0.29) is 41.7 Å². The lowest BCUT2D eigenvalue weighted by Gasteiger charge is -2.17. The third-order valence-corrected chi connectivity index (χ3v) is 5.72. The first kappa shape index (κ1) is 20.4. The summed E-state index contributed by atoms with van der Waals surface area (Å²) >= 11 is 6.31. The maximum absolute atomic E-state index is 14.1. The summed E-state index contributed by atoms with van der Waals surface area (Å²) < 4.78 is 45.1. The molecule has 3 N–H and O–H groups in total. The Morgan fingerprint density at radius 3 is 2.74 bits per heavy atom. The fourth-order valence-corrected chi connectivity index (χ4v) is 4.15. The zero-order valence-electron chi connectivity index (χ0n) is 16.3. The van der Waals surface area contributed by atoms with Gasteiger partial charge in [0.2, 0.25) is 0 Å². The molecule has 8 nitrogen and oxygen atoms in total. The molecular weight excluding hydrogens is 434 g/mol. The molecule has 0 radical (unpaired) electrons. The smallest absolute Gasteiger partial charge is 0.296 e. The van der Waals surface area contributed by atoms with Crippen LogP contribution < -0.4 is 10.1 Å². The molecule has 2 aliphatic rings. The van der Waals surface area contributed by atoms with Crippen LogP contribution in [-0.2, 0) is 9.47 Å². The lowest BCUT2D eigenvalue weighted by Crippen LogP contribution is -2.34. The molecular formula is C20H19ClF2N4O4. The predicted octanol–water partition coefficient (Wildman–Crippen LogP) is 2.97. The highest BCUT2D eigenvalue weighted by atomic mass is 35.5. The first-order valence-corrected chi connectivity index (χ1v) is 10.1. The van der Waals surface area contributed by atoms with Gasteiger partial charge in [-0.25, -0.2) is 13.8 Å². The zero-order valence-corrected chi connectivity index (χ0v) is 17.1. The van der Waals surface area contributed by atoms with Gasteiger partial charge in [0.15, 0.2) is 11.8 Å². The van der Waals surface area contributed by atoms with E-state index in [0.29, 0.717) is 11.2 Å². The van der Waals surface area contributed by atoms with Gasteiger partial charge in [-0.3, -0.25) is 0 Å². The Kier molecular flexibility index (Phi) is 5.17. The topological polar surface area (TPSA) is 102 Å². The van der Waals surface area contributed by atoms with Gasteiger partial charge < -0.3 is 29.6 Å². The number of anilines is 1. The van der Waals surface area contributed by atoms with Gasteiger partial charge in [-0.15, -0.1) is 0 Å². The van der Waals surface area contributed by atoms with Crippen molar-refractivity contribution in [2.24, 2.45) is 0 Å². The van der Waals surface area contributed by atoms with E-state index in [1.54, 1.807) is 13.0 Å². The molecule has 0 unspecified atom stereocenters. The molecule has 0 saturated carbocycles. The largest absolute Gasteiger partial charge is 0.456 e. The third kappa shape index (κ3) is 3.69. The van der Waals surface area contributed by atoms with Crippen molar-refractivity contribution in [1.82, 2.24) is 15.0 Å². The van der Waals surface area contributed by atoms with E-state index >= 15 is 0 Å². The minimum Gasteiger partial charge on any atom is -0.456 e. The minimum absolute atomic E-state index is 0.110. The molecule has 2 saturated heterocycles. The number of aliphatic hydroxyl groups excluding tert-OH is 1. The van der Waals surface area contributed by atoms with E-state index in [2.05, 4.69) is 20.3 Å². The lowest BCUT2D eigenvalue weighted by atomic mass is 10.1. The van der Waals surface area contributed by atoms with Crippen molar-refractivity contribution in [3.8, 4) is 6.01 Å². The van der Waals surface area contributed by atoms with Crippen LogP contribution in [0.25, 0.3) is 11.2 Å². The van der Waals surface area contributed by atoms with E-state index < -0.39 is 36.0 Å².